The zero-order chi connectivity index (χ0) is 41.8. The quantitative estimate of drug-likeness (QED) is 0.233. The number of rotatable bonds is 12. The highest BCUT2D eigenvalue weighted by Gasteiger charge is 2.45. The first-order chi connectivity index (χ1) is 27.9. The molecular weight excluding hydrogens is 747 g/mol. The highest BCUT2D eigenvalue weighted by atomic mass is 16.5. The molecule has 2 heterocycles. The fourth-order valence-corrected chi connectivity index (χ4v) is 7.70. The minimum atomic E-state index is -1.25. The molecule has 58 heavy (non-hydrogen) atoms. The number of fused-ring (bicyclic) bond motifs is 4. The van der Waals surface area contributed by atoms with Gasteiger partial charge in [-0.3, -0.25) is 33.7 Å². The third-order valence-corrected chi connectivity index (χ3v) is 10.9. The van der Waals surface area contributed by atoms with Crippen LogP contribution in [0.2, 0.25) is 0 Å². The lowest BCUT2D eigenvalue weighted by molar-refractivity contribution is -0.143. The molecule has 1 unspecified atom stereocenters. The summed E-state index contributed by atoms with van der Waals surface area (Å²) in [7, 11) is 4.74. The number of carbonyl (C=O) groups is 7. The number of urea groups is 1. The molecule has 5 rings (SSSR count). The Morgan fingerprint density at radius 1 is 0.931 bits per heavy atom. The molecule has 0 radical (unpaired) electrons. The van der Waals surface area contributed by atoms with E-state index in [1.54, 1.807) is 82.7 Å². The lowest BCUT2D eigenvalue weighted by Crippen LogP contribution is -2.59. The second-order valence-corrected chi connectivity index (χ2v) is 15.4. The van der Waals surface area contributed by atoms with Gasteiger partial charge in [0.2, 0.25) is 29.4 Å². The van der Waals surface area contributed by atoms with Crippen LogP contribution in [0.15, 0.2) is 54.6 Å². The Labute approximate surface area is 339 Å². The van der Waals surface area contributed by atoms with E-state index in [1.807, 2.05) is 0 Å². The fourth-order valence-electron chi connectivity index (χ4n) is 7.70. The van der Waals surface area contributed by atoms with Crippen LogP contribution in [-0.2, 0) is 33.5 Å². The maximum Gasteiger partial charge on any atom is 0.322 e. The Bertz CT molecular complexity index is 1780. The van der Waals surface area contributed by atoms with E-state index in [0.717, 1.165) is 32.1 Å². The standard InChI is InChI=1S/C42H57N7O9/c1-5-14-32(37(51)39(53)43-25-34(50)45-35(40(54)47(2)3)27-15-8-6-9-16-27)44-38(52)33-24-31-26-49(33)41(55)36(28-17-10-7-11-18-28)46-42(56)48(4)29-19-12-20-30(23-29)57-21-13-22-58-31/h6,8-9,12,15-16,19-20,23,28,31-33,35-36H,5,7,10-11,13-14,17-18,21-22,24-26H2,1-4H3,(H,43,53)(H,44,52)(H,45,50)(H,46,56)/t31-,32?,33+,35+,36+/m1/s1. The second-order valence-electron chi connectivity index (χ2n) is 15.4. The van der Waals surface area contributed by atoms with Gasteiger partial charge in [0.1, 0.15) is 23.9 Å². The van der Waals surface area contributed by atoms with Crippen LogP contribution in [0, 0.1) is 5.92 Å². The largest absolute Gasteiger partial charge is 0.493 e. The van der Waals surface area contributed by atoms with Crippen LogP contribution < -0.4 is 30.9 Å². The molecule has 16 heteroatoms. The van der Waals surface area contributed by atoms with Gasteiger partial charge in [-0.25, -0.2) is 4.79 Å². The molecule has 7 amide bonds. The van der Waals surface area contributed by atoms with Gasteiger partial charge in [0, 0.05) is 52.3 Å². The molecule has 4 bridgehead atoms. The molecule has 2 fully saturated rings. The van der Waals surface area contributed by atoms with Gasteiger partial charge in [-0.2, -0.15) is 0 Å². The molecule has 0 aromatic heterocycles. The van der Waals surface area contributed by atoms with Crippen molar-refractivity contribution < 1.29 is 43.0 Å². The van der Waals surface area contributed by atoms with Crippen molar-refractivity contribution in [3.05, 3.63) is 60.2 Å². The van der Waals surface area contributed by atoms with Crippen LogP contribution in [-0.4, -0.2) is 123 Å². The van der Waals surface area contributed by atoms with Crippen molar-refractivity contribution in [2.45, 2.75) is 95.0 Å². The number of hydrogen-bond donors (Lipinski definition) is 4. The zero-order valence-corrected chi connectivity index (χ0v) is 33.9. The Kier molecular flexibility index (Phi) is 15.6. The molecule has 4 N–H and O–H groups in total. The average Bonchev–Trinajstić information content (AvgIpc) is 3.67. The summed E-state index contributed by atoms with van der Waals surface area (Å²) < 4.78 is 12.1. The van der Waals surface area contributed by atoms with Gasteiger partial charge in [0.25, 0.3) is 5.91 Å². The van der Waals surface area contributed by atoms with Crippen LogP contribution in [0.1, 0.15) is 76.3 Å². The van der Waals surface area contributed by atoms with Crippen molar-refractivity contribution in [2.24, 2.45) is 5.92 Å². The number of Topliss-reactive ketones (excluding diaryl/α,β-unsaturated/α-hetero) is 1. The Balaban J connectivity index is 1.30. The van der Waals surface area contributed by atoms with E-state index in [9.17, 15) is 33.6 Å². The SMILES string of the molecule is CCCC(NC(=O)[C@@H]1C[C@@H]2CN1C(=O)[C@H](C1CCCCC1)NC(=O)N(C)c1cccc(c1)OCCCO2)C(=O)C(=O)NCC(=O)N[C@H](C(=O)N(C)C)c1ccccc1. The summed E-state index contributed by atoms with van der Waals surface area (Å²) in [4.78, 5) is 99.3. The minimum Gasteiger partial charge on any atom is -0.493 e. The Morgan fingerprint density at radius 2 is 1.67 bits per heavy atom. The molecule has 5 atom stereocenters. The maximum atomic E-state index is 14.6. The van der Waals surface area contributed by atoms with Crippen molar-refractivity contribution in [3.8, 4) is 5.75 Å². The first-order valence-electron chi connectivity index (χ1n) is 20.2. The number of hydrogen-bond acceptors (Lipinski definition) is 9. The van der Waals surface area contributed by atoms with E-state index in [1.165, 1.54) is 14.7 Å². The van der Waals surface area contributed by atoms with Gasteiger partial charge in [0.15, 0.2) is 0 Å². The predicted octanol–water partition coefficient (Wildman–Crippen LogP) is 2.47. The summed E-state index contributed by atoms with van der Waals surface area (Å²) in [5.41, 5.74) is 1.13. The van der Waals surface area contributed by atoms with Crippen molar-refractivity contribution in [1.29, 1.82) is 0 Å². The second kappa shape index (κ2) is 20.8. The predicted molar refractivity (Wildman–Crippen MR) is 215 cm³/mol. The molecule has 2 aromatic rings. The highest BCUT2D eigenvalue weighted by molar-refractivity contribution is 6.38. The van der Waals surface area contributed by atoms with Gasteiger partial charge in [-0.05, 0) is 42.9 Å². The highest BCUT2D eigenvalue weighted by Crippen LogP contribution is 2.31. The van der Waals surface area contributed by atoms with E-state index in [4.69, 9.17) is 9.47 Å². The molecule has 2 aliphatic heterocycles. The van der Waals surface area contributed by atoms with Crippen LogP contribution >= 0.6 is 0 Å². The van der Waals surface area contributed by atoms with Gasteiger partial charge >= 0.3 is 6.03 Å². The van der Waals surface area contributed by atoms with E-state index >= 15 is 0 Å². The summed E-state index contributed by atoms with van der Waals surface area (Å²) in [6.45, 7) is 1.95. The summed E-state index contributed by atoms with van der Waals surface area (Å²) >= 11 is 0. The normalized spacial score (nSPS) is 21.5. The zero-order valence-electron chi connectivity index (χ0n) is 33.9. The third-order valence-electron chi connectivity index (χ3n) is 10.9. The smallest absolute Gasteiger partial charge is 0.322 e. The van der Waals surface area contributed by atoms with Crippen LogP contribution in [0.4, 0.5) is 10.5 Å². The number of carbonyl (C=O) groups excluding carboxylic acids is 7. The van der Waals surface area contributed by atoms with Crippen molar-refractivity contribution in [3.63, 3.8) is 0 Å². The fraction of sp³-hybridized carbons (Fsp3) is 0.548. The summed E-state index contributed by atoms with van der Waals surface area (Å²) in [5.74, 6) is -3.73. The molecular formula is C42H57N7O9. The summed E-state index contributed by atoms with van der Waals surface area (Å²) in [5, 5.41) is 10.7. The molecule has 1 saturated carbocycles. The van der Waals surface area contributed by atoms with Gasteiger partial charge in [0.05, 0.1) is 31.9 Å². The Hall–Kier alpha value is -5.51. The van der Waals surface area contributed by atoms with Gasteiger partial charge in [-0.1, -0.05) is 69.0 Å². The third kappa shape index (κ3) is 11.3. The lowest BCUT2D eigenvalue weighted by Gasteiger charge is -2.35. The number of nitrogens with one attached hydrogen (secondary N) is 4. The molecule has 1 saturated heterocycles. The van der Waals surface area contributed by atoms with Gasteiger partial charge < -0.3 is 40.5 Å². The van der Waals surface area contributed by atoms with Crippen molar-refractivity contribution >= 4 is 47.0 Å². The molecule has 314 valence electrons. The maximum absolute atomic E-state index is 14.6. The van der Waals surface area contributed by atoms with Crippen molar-refractivity contribution in [1.82, 2.24) is 31.1 Å². The van der Waals surface area contributed by atoms with E-state index in [2.05, 4.69) is 21.3 Å². The first kappa shape index (κ1) is 43.6. The lowest BCUT2D eigenvalue weighted by atomic mass is 9.83. The van der Waals surface area contributed by atoms with E-state index in [0.29, 0.717) is 43.1 Å². The molecule has 3 aliphatic rings. The number of ketones is 1. The minimum absolute atomic E-state index is 0.0913. The van der Waals surface area contributed by atoms with Crippen molar-refractivity contribution in [2.75, 3.05) is 52.3 Å². The number of amides is 7. The number of nitrogens with zero attached hydrogens (tertiary/aromatic N) is 3. The molecule has 0 spiro atoms. The number of benzene rings is 2. The number of anilines is 1. The molecule has 2 aromatic carbocycles. The monoisotopic (exact) mass is 803 g/mol. The molecule has 16 nitrogen and oxygen atoms in total. The summed E-state index contributed by atoms with van der Waals surface area (Å²) in [6.07, 6.45) is 5.00. The number of likely N-dealkylation sites (N-methyl/N-ethyl adjacent to an activating group) is 1. The van der Waals surface area contributed by atoms with E-state index < -0.39 is 72.3 Å². The topological polar surface area (TPSA) is 196 Å². The van der Waals surface area contributed by atoms with Crippen LogP contribution in [0.3, 0.4) is 0 Å². The van der Waals surface area contributed by atoms with E-state index in [-0.39, 0.29) is 31.2 Å². The average molecular weight is 804 g/mol. The first-order valence-corrected chi connectivity index (χ1v) is 20.2. The van der Waals surface area contributed by atoms with Crippen LogP contribution in [0.5, 0.6) is 5.75 Å². The summed E-state index contributed by atoms with van der Waals surface area (Å²) in [6, 6.07) is 11.1. The molecule has 1 aliphatic carbocycles. The van der Waals surface area contributed by atoms with Gasteiger partial charge in [-0.15, -0.1) is 0 Å². The Morgan fingerprint density at radius 3 is 2.38 bits per heavy atom. The number of ether oxygens (including phenoxy) is 2. The van der Waals surface area contributed by atoms with Crippen LogP contribution in [0.25, 0.3) is 0 Å².